The van der Waals surface area contributed by atoms with Crippen LogP contribution in [0.4, 0.5) is 0 Å². The van der Waals surface area contributed by atoms with Crippen LogP contribution in [0.3, 0.4) is 0 Å². The van der Waals surface area contributed by atoms with E-state index in [2.05, 4.69) is 6.92 Å². The maximum Gasteiger partial charge on any atom is 0.135 e. The van der Waals surface area contributed by atoms with E-state index in [4.69, 9.17) is 5.73 Å². The fourth-order valence-corrected chi connectivity index (χ4v) is 2.99. The average molecular weight is 197 g/mol. The lowest BCUT2D eigenvalue weighted by Gasteiger charge is -2.52. The van der Waals surface area contributed by atoms with Crippen molar-refractivity contribution in [2.75, 3.05) is 0 Å². The molecule has 0 aromatic rings. The summed E-state index contributed by atoms with van der Waals surface area (Å²) in [6.45, 7) is 2.10. The van der Waals surface area contributed by atoms with Gasteiger partial charge in [-0.15, -0.1) is 0 Å². The molecule has 2 rings (SSSR count). The van der Waals surface area contributed by atoms with Gasteiger partial charge in [0.2, 0.25) is 0 Å². The molecule has 0 spiro atoms. The first-order valence-electron chi connectivity index (χ1n) is 5.45. The zero-order chi connectivity index (χ0) is 10.4. The smallest absolute Gasteiger partial charge is 0.135 e. The van der Waals surface area contributed by atoms with Gasteiger partial charge in [0.15, 0.2) is 0 Å². The lowest BCUT2D eigenvalue weighted by atomic mass is 9.56. The topological polar surface area (TPSA) is 63.3 Å². The molecule has 0 saturated heterocycles. The summed E-state index contributed by atoms with van der Waals surface area (Å²) >= 11 is 0. The minimum atomic E-state index is -0.819. The van der Waals surface area contributed by atoms with E-state index in [-0.39, 0.29) is 17.2 Å². The summed E-state index contributed by atoms with van der Waals surface area (Å²) in [5.74, 6) is 0.194. The van der Waals surface area contributed by atoms with Gasteiger partial charge in [-0.1, -0.05) is 6.92 Å². The number of carbonyl (C=O) groups excluding carboxylic acids is 1. The lowest BCUT2D eigenvalue weighted by Crippen LogP contribution is -2.57. The van der Waals surface area contributed by atoms with Gasteiger partial charge >= 0.3 is 0 Å². The second-order valence-electron chi connectivity index (χ2n) is 5.31. The Morgan fingerprint density at radius 3 is 2.93 bits per heavy atom. The minimum absolute atomic E-state index is 0.0685. The average Bonchev–Trinajstić information content (AvgIpc) is 2.08. The standard InChI is InChI=1S/C11H19NO2/c1-10-4-2-8(12)6-11(10,14)7-9(13)3-5-10/h8,14H,2-7,12H2,1H3/t8?,10-,11-/m1/s1. The summed E-state index contributed by atoms with van der Waals surface area (Å²) < 4.78 is 0. The molecule has 0 radical (unpaired) electrons. The van der Waals surface area contributed by atoms with Gasteiger partial charge in [-0.25, -0.2) is 0 Å². The molecule has 0 aromatic carbocycles. The van der Waals surface area contributed by atoms with Crippen LogP contribution in [0.15, 0.2) is 0 Å². The largest absolute Gasteiger partial charge is 0.389 e. The predicted octanol–water partition coefficient (Wildman–Crippen LogP) is 0.988. The molecule has 80 valence electrons. The van der Waals surface area contributed by atoms with Gasteiger partial charge in [-0.2, -0.15) is 0 Å². The van der Waals surface area contributed by atoms with Gasteiger partial charge in [0.1, 0.15) is 5.78 Å². The summed E-state index contributed by atoms with van der Waals surface area (Å²) in [7, 11) is 0. The van der Waals surface area contributed by atoms with E-state index in [1.807, 2.05) is 0 Å². The highest BCUT2D eigenvalue weighted by atomic mass is 16.3. The van der Waals surface area contributed by atoms with Crippen molar-refractivity contribution in [3.05, 3.63) is 0 Å². The van der Waals surface area contributed by atoms with Crippen LogP contribution in [-0.4, -0.2) is 22.5 Å². The van der Waals surface area contributed by atoms with E-state index in [1.165, 1.54) is 0 Å². The Labute approximate surface area is 84.7 Å². The zero-order valence-electron chi connectivity index (χ0n) is 8.75. The molecule has 3 N–H and O–H groups in total. The first-order chi connectivity index (χ1) is 6.45. The number of fused-ring (bicyclic) bond motifs is 1. The maximum atomic E-state index is 11.4. The van der Waals surface area contributed by atoms with Crippen LogP contribution < -0.4 is 5.73 Å². The van der Waals surface area contributed by atoms with E-state index >= 15 is 0 Å². The molecule has 0 aromatic heterocycles. The van der Waals surface area contributed by atoms with E-state index in [9.17, 15) is 9.90 Å². The number of Topliss-reactive ketones (excluding diaryl/α,β-unsaturated/α-hetero) is 1. The third-order valence-corrected chi connectivity index (χ3v) is 4.24. The fraction of sp³-hybridized carbons (Fsp3) is 0.909. The van der Waals surface area contributed by atoms with Crippen molar-refractivity contribution < 1.29 is 9.90 Å². The van der Waals surface area contributed by atoms with Gasteiger partial charge in [0, 0.05) is 18.9 Å². The van der Waals surface area contributed by atoms with Crippen LogP contribution in [0.1, 0.15) is 45.4 Å². The molecule has 0 heterocycles. The van der Waals surface area contributed by atoms with Crippen LogP contribution >= 0.6 is 0 Å². The number of hydrogen-bond acceptors (Lipinski definition) is 3. The molecule has 2 aliphatic carbocycles. The summed E-state index contributed by atoms with van der Waals surface area (Å²) in [5.41, 5.74) is 4.97. The maximum absolute atomic E-state index is 11.4. The van der Waals surface area contributed by atoms with Crippen LogP contribution in [0.25, 0.3) is 0 Å². The van der Waals surface area contributed by atoms with Crippen molar-refractivity contribution in [2.24, 2.45) is 11.1 Å². The van der Waals surface area contributed by atoms with Gasteiger partial charge in [0.05, 0.1) is 5.60 Å². The molecule has 14 heavy (non-hydrogen) atoms. The van der Waals surface area contributed by atoms with Crippen LogP contribution in [-0.2, 0) is 4.79 Å². The Morgan fingerprint density at radius 2 is 2.21 bits per heavy atom. The summed E-state index contributed by atoms with van der Waals surface area (Å²) in [6, 6.07) is 0.0685. The van der Waals surface area contributed by atoms with Crippen LogP contribution in [0.5, 0.6) is 0 Å². The predicted molar refractivity (Wildman–Crippen MR) is 53.7 cm³/mol. The Hall–Kier alpha value is -0.410. The first-order valence-corrected chi connectivity index (χ1v) is 5.45. The molecule has 2 saturated carbocycles. The van der Waals surface area contributed by atoms with Crippen LogP contribution in [0, 0.1) is 5.41 Å². The van der Waals surface area contributed by atoms with Crippen molar-refractivity contribution >= 4 is 5.78 Å². The van der Waals surface area contributed by atoms with E-state index < -0.39 is 5.60 Å². The Bertz CT molecular complexity index is 266. The molecule has 3 atom stereocenters. The number of nitrogens with two attached hydrogens (primary N) is 1. The highest BCUT2D eigenvalue weighted by Crippen LogP contribution is 2.51. The third kappa shape index (κ3) is 1.39. The minimum Gasteiger partial charge on any atom is -0.389 e. The van der Waals surface area contributed by atoms with Crippen LogP contribution in [0.2, 0.25) is 0 Å². The molecular formula is C11H19NO2. The van der Waals surface area contributed by atoms with Gasteiger partial charge in [-0.05, 0) is 31.1 Å². The molecule has 2 aliphatic rings. The summed E-state index contributed by atoms with van der Waals surface area (Å²) in [6.07, 6.45) is 4.31. The summed E-state index contributed by atoms with van der Waals surface area (Å²) in [5, 5.41) is 10.5. The molecule has 0 amide bonds. The summed E-state index contributed by atoms with van der Waals surface area (Å²) in [4.78, 5) is 11.4. The Morgan fingerprint density at radius 1 is 1.50 bits per heavy atom. The van der Waals surface area contributed by atoms with E-state index in [1.54, 1.807) is 0 Å². The molecular weight excluding hydrogens is 178 g/mol. The monoisotopic (exact) mass is 197 g/mol. The zero-order valence-corrected chi connectivity index (χ0v) is 8.75. The molecule has 3 heteroatoms. The highest BCUT2D eigenvalue weighted by molar-refractivity contribution is 5.80. The van der Waals surface area contributed by atoms with Gasteiger partial charge in [0.25, 0.3) is 0 Å². The molecule has 1 unspecified atom stereocenters. The second kappa shape index (κ2) is 3.04. The van der Waals surface area contributed by atoms with Crippen molar-refractivity contribution in [1.29, 1.82) is 0 Å². The SMILES string of the molecule is C[C@@]12CCC(=O)C[C@]1(O)CC(N)CC2. The Balaban J connectivity index is 2.25. The fourth-order valence-electron chi connectivity index (χ4n) is 2.99. The molecule has 0 bridgehead atoms. The number of hydrogen-bond donors (Lipinski definition) is 2. The number of aliphatic hydroxyl groups is 1. The molecule has 0 aliphatic heterocycles. The van der Waals surface area contributed by atoms with E-state index in [0.717, 1.165) is 19.3 Å². The van der Waals surface area contributed by atoms with Crippen molar-refractivity contribution in [3.63, 3.8) is 0 Å². The van der Waals surface area contributed by atoms with Crippen molar-refractivity contribution in [3.8, 4) is 0 Å². The third-order valence-electron chi connectivity index (χ3n) is 4.24. The quantitative estimate of drug-likeness (QED) is 0.608. The lowest BCUT2D eigenvalue weighted by molar-refractivity contribution is -0.156. The van der Waals surface area contributed by atoms with Crippen molar-refractivity contribution in [1.82, 2.24) is 0 Å². The number of ketones is 1. The second-order valence-corrected chi connectivity index (χ2v) is 5.31. The van der Waals surface area contributed by atoms with E-state index in [0.29, 0.717) is 19.3 Å². The molecule has 3 nitrogen and oxygen atoms in total. The number of carbonyl (C=O) groups is 1. The van der Waals surface area contributed by atoms with Gasteiger partial charge in [-0.3, -0.25) is 4.79 Å². The first kappa shape index (κ1) is 10.1. The number of rotatable bonds is 0. The highest BCUT2D eigenvalue weighted by Gasteiger charge is 2.53. The molecule has 2 fully saturated rings. The van der Waals surface area contributed by atoms with Gasteiger partial charge < -0.3 is 10.8 Å². The van der Waals surface area contributed by atoms with Crippen molar-refractivity contribution in [2.45, 2.75) is 57.1 Å². The normalized spacial score (nSPS) is 48.8. The Kier molecular flexibility index (Phi) is 2.20.